The number of carbonyl (C=O) groups is 2. The standard InChI is InChI=1S/C15H16N6O5/c1-3-4-9(18-15(25)19-11(8(2)22)14(23)24)13-20-12(21-26-13)10-7-16-5-6-17-10/h1,5-9,11,22H,4H2,2H3,(H,23,24)(H2,18,19,25)/t8?,9-,11?/m0/s1. The fraction of sp³-hybridized carbons (Fsp3) is 0.333. The first-order chi connectivity index (χ1) is 12.4. The first-order valence-electron chi connectivity index (χ1n) is 7.43. The summed E-state index contributed by atoms with van der Waals surface area (Å²) >= 11 is 0. The Kier molecular flexibility index (Phi) is 6.18. The van der Waals surface area contributed by atoms with Crippen LogP contribution in [0.15, 0.2) is 23.1 Å². The number of amides is 2. The minimum absolute atomic E-state index is 0.0158. The number of aromatic nitrogens is 4. The van der Waals surface area contributed by atoms with E-state index < -0.39 is 30.2 Å². The maximum absolute atomic E-state index is 12.0. The summed E-state index contributed by atoms with van der Waals surface area (Å²) < 4.78 is 5.10. The number of aliphatic hydroxyl groups is 1. The van der Waals surface area contributed by atoms with Crippen molar-refractivity contribution in [1.29, 1.82) is 0 Å². The van der Waals surface area contributed by atoms with Crippen LogP contribution >= 0.6 is 0 Å². The van der Waals surface area contributed by atoms with E-state index in [1.165, 1.54) is 25.5 Å². The molecule has 0 fully saturated rings. The third-order valence-corrected chi connectivity index (χ3v) is 3.19. The lowest BCUT2D eigenvalue weighted by Crippen LogP contribution is -2.51. The van der Waals surface area contributed by atoms with Crippen molar-refractivity contribution in [2.45, 2.75) is 31.5 Å². The number of hydrogen-bond acceptors (Lipinski definition) is 8. The number of nitrogens with zero attached hydrogens (tertiary/aromatic N) is 4. The van der Waals surface area contributed by atoms with E-state index in [1.54, 1.807) is 0 Å². The third-order valence-electron chi connectivity index (χ3n) is 3.19. The second kappa shape index (κ2) is 8.54. The predicted octanol–water partition coefficient (Wildman–Crippen LogP) is -0.276. The first-order valence-corrected chi connectivity index (χ1v) is 7.43. The number of carboxylic acid groups (broad SMARTS) is 1. The fourth-order valence-corrected chi connectivity index (χ4v) is 1.94. The van der Waals surface area contributed by atoms with Gasteiger partial charge in [0.25, 0.3) is 5.89 Å². The maximum Gasteiger partial charge on any atom is 0.328 e. The van der Waals surface area contributed by atoms with Crippen LogP contribution in [-0.4, -0.2) is 54.5 Å². The van der Waals surface area contributed by atoms with Gasteiger partial charge in [0, 0.05) is 18.8 Å². The Labute approximate surface area is 147 Å². The van der Waals surface area contributed by atoms with Gasteiger partial charge < -0.3 is 25.4 Å². The van der Waals surface area contributed by atoms with Crippen LogP contribution in [0.5, 0.6) is 0 Å². The van der Waals surface area contributed by atoms with Gasteiger partial charge in [-0.1, -0.05) is 5.16 Å². The largest absolute Gasteiger partial charge is 0.480 e. The molecule has 2 amide bonds. The maximum atomic E-state index is 12.0. The number of aliphatic carboxylic acids is 1. The highest BCUT2D eigenvalue weighted by Gasteiger charge is 2.27. The Balaban J connectivity index is 2.12. The Morgan fingerprint density at radius 2 is 2.15 bits per heavy atom. The highest BCUT2D eigenvalue weighted by Crippen LogP contribution is 2.18. The summed E-state index contributed by atoms with van der Waals surface area (Å²) in [5.74, 6) is 1.15. The third kappa shape index (κ3) is 4.74. The predicted molar refractivity (Wildman–Crippen MR) is 86.3 cm³/mol. The van der Waals surface area contributed by atoms with Gasteiger partial charge in [0.15, 0.2) is 6.04 Å². The van der Waals surface area contributed by atoms with Crippen molar-refractivity contribution < 1.29 is 24.3 Å². The molecule has 0 saturated carbocycles. The van der Waals surface area contributed by atoms with Gasteiger partial charge in [-0.15, -0.1) is 12.3 Å². The van der Waals surface area contributed by atoms with Crippen LogP contribution in [0.2, 0.25) is 0 Å². The highest BCUT2D eigenvalue weighted by atomic mass is 16.5. The Bertz CT molecular complexity index is 800. The van der Waals surface area contributed by atoms with Gasteiger partial charge >= 0.3 is 12.0 Å². The first kappa shape index (κ1) is 18.8. The van der Waals surface area contributed by atoms with Gasteiger partial charge in [-0.05, 0) is 6.92 Å². The molecule has 0 bridgehead atoms. The summed E-state index contributed by atoms with van der Waals surface area (Å²) in [5, 5.41) is 26.7. The molecular weight excluding hydrogens is 344 g/mol. The number of rotatable bonds is 7. The normalized spacial score (nSPS) is 13.9. The van der Waals surface area contributed by atoms with E-state index in [-0.39, 0.29) is 18.1 Å². The zero-order chi connectivity index (χ0) is 19.1. The molecule has 11 heteroatoms. The summed E-state index contributed by atoms with van der Waals surface area (Å²) in [4.78, 5) is 35.1. The Hall–Kier alpha value is -3.52. The number of hydrogen-bond donors (Lipinski definition) is 4. The molecule has 11 nitrogen and oxygen atoms in total. The molecule has 0 saturated heterocycles. The number of terminal acetylenes is 1. The average molecular weight is 360 g/mol. The van der Waals surface area contributed by atoms with E-state index in [9.17, 15) is 14.7 Å². The molecule has 2 aromatic heterocycles. The Morgan fingerprint density at radius 3 is 2.73 bits per heavy atom. The van der Waals surface area contributed by atoms with Crippen molar-refractivity contribution >= 4 is 12.0 Å². The number of nitrogens with one attached hydrogen (secondary N) is 2. The van der Waals surface area contributed by atoms with Gasteiger partial charge in [0.1, 0.15) is 11.7 Å². The molecule has 136 valence electrons. The van der Waals surface area contributed by atoms with E-state index in [2.05, 4.69) is 36.7 Å². The van der Waals surface area contributed by atoms with Crippen molar-refractivity contribution in [3.8, 4) is 23.9 Å². The Morgan fingerprint density at radius 1 is 1.38 bits per heavy atom. The number of urea groups is 1. The van der Waals surface area contributed by atoms with E-state index in [4.69, 9.17) is 16.1 Å². The fourth-order valence-electron chi connectivity index (χ4n) is 1.94. The summed E-state index contributed by atoms with van der Waals surface area (Å²) in [6.07, 6.45) is 8.39. The van der Waals surface area contributed by atoms with Crippen LogP contribution in [-0.2, 0) is 4.79 Å². The van der Waals surface area contributed by atoms with E-state index in [0.717, 1.165) is 0 Å². The highest BCUT2D eigenvalue weighted by molar-refractivity contribution is 5.83. The molecule has 2 heterocycles. The van der Waals surface area contributed by atoms with E-state index >= 15 is 0 Å². The molecule has 2 aromatic rings. The molecule has 26 heavy (non-hydrogen) atoms. The molecule has 0 aliphatic carbocycles. The van der Waals surface area contributed by atoms with E-state index in [1.807, 2.05) is 0 Å². The monoisotopic (exact) mass is 360 g/mol. The summed E-state index contributed by atoms with van der Waals surface area (Å²) in [6, 6.07) is -3.21. The van der Waals surface area contributed by atoms with Crippen molar-refractivity contribution in [1.82, 2.24) is 30.7 Å². The number of carboxylic acids is 1. The minimum atomic E-state index is -1.49. The van der Waals surface area contributed by atoms with Crippen LogP contribution in [0.25, 0.3) is 11.5 Å². The minimum Gasteiger partial charge on any atom is -0.480 e. The van der Waals surface area contributed by atoms with Gasteiger partial charge in [0.2, 0.25) is 5.82 Å². The summed E-state index contributed by atoms with van der Waals surface area (Å²) in [7, 11) is 0. The molecule has 2 unspecified atom stereocenters. The lowest BCUT2D eigenvalue weighted by molar-refractivity contribution is -0.141. The van der Waals surface area contributed by atoms with Crippen molar-refractivity contribution in [3.05, 3.63) is 24.5 Å². The lowest BCUT2D eigenvalue weighted by atomic mass is 10.2. The second-order valence-electron chi connectivity index (χ2n) is 5.18. The molecular formula is C15H16N6O5. The summed E-state index contributed by atoms with van der Waals surface area (Å²) in [5.41, 5.74) is 0.367. The molecule has 0 radical (unpaired) electrons. The second-order valence-corrected chi connectivity index (χ2v) is 5.18. The van der Waals surface area contributed by atoms with Crippen LogP contribution in [0.1, 0.15) is 25.3 Å². The number of aliphatic hydroxyl groups excluding tert-OH is 1. The van der Waals surface area contributed by atoms with Crippen LogP contribution in [0.3, 0.4) is 0 Å². The summed E-state index contributed by atoms with van der Waals surface area (Å²) in [6.45, 7) is 1.24. The number of carbonyl (C=O) groups excluding carboxylic acids is 1. The van der Waals surface area contributed by atoms with Gasteiger partial charge in [-0.25, -0.2) is 14.6 Å². The zero-order valence-electron chi connectivity index (χ0n) is 13.7. The van der Waals surface area contributed by atoms with Gasteiger partial charge in [-0.3, -0.25) is 4.98 Å². The lowest BCUT2D eigenvalue weighted by Gasteiger charge is -2.19. The molecule has 0 spiro atoms. The molecule has 0 aliphatic heterocycles. The van der Waals surface area contributed by atoms with Crippen molar-refractivity contribution in [2.24, 2.45) is 0 Å². The zero-order valence-corrected chi connectivity index (χ0v) is 13.7. The quantitative estimate of drug-likeness (QED) is 0.486. The molecule has 0 aromatic carbocycles. The molecule has 0 aliphatic rings. The van der Waals surface area contributed by atoms with Crippen LogP contribution in [0, 0.1) is 12.3 Å². The van der Waals surface area contributed by atoms with Gasteiger partial charge in [0.05, 0.1) is 12.3 Å². The topological polar surface area (TPSA) is 163 Å². The average Bonchev–Trinajstić information content (AvgIpc) is 3.09. The van der Waals surface area contributed by atoms with Crippen molar-refractivity contribution in [3.63, 3.8) is 0 Å². The molecule has 4 N–H and O–H groups in total. The molecule has 3 atom stereocenters. The van der Waals surface area contributed by atoms with Crippen molar-refractivity contribution in [2.75, 3.05) is 0 Å². The smallest absolute Gasteiger partial charge is 0.328 e. The molecule has 2 rings (SSSR count). The SMILES string of the molecule is C#CC[C@H](NC(=O)NC(C(=O)O)C(C)O)c1nc(-c2cnccn2)no1. The van der Waals surface area contributed by atoms with E-state index in [0.29, 0.717) is 5.69 Å². The van der Waals surface area contributed by atoms with Gasteiger partial charge in [-0.2, -0.15) is 4.98 Å². The van der Waals surface area contributed by atoms with Crippen LogP contribution in [0.4, 0.5) is 4.79 Å². The van der Waals surface area contributed by atoms with Crippen LogP contribution < -0.4 is 10.6 Å².